The molecule has 1 unspecified atom stereocenters. The molecule has 0 bridgehead atoms. The van der Waals surface area contributed by atoms with E-state index in [9.17, 15) is 4.79 Å². The molecule has 1 amide bonds. The predicted molar refractivity (Wildman–Crippen MR) is 67.8 cm³/mol. The van der Waals surface area contributed by atoms with E-state index in [1.54, 1.807) is 0 Å². The van der Waals surface area contributed by atoms with Gasteiger partial charge in [-0.05, 0) is 44.6 Å². The Morgan fingerprint density at radius 1 is 1.19 bits per heavy atom. The lowest BCUT2D eigenvalue weighted by atomic mass is 9.87. The van der Waals surface area contributed by atoms with Crippen LogP contribution in [0, 0.1) is 11.8 Å². The molecule has 0 aromatic rings. The molecule has 0 radical (unpaired) electrons. The quantitative estimate of drug-likeness (QED) is 0.779. The molecule has 2 rings (SSSR count). The second-order valence-corrected chi connectivity index (χ2v) is 5.16. The summed E-state index contributed by atoms with van der Waals surface area (Å²) >= 11 is 0. The molecule has 1 saturated carbocycles. The molecule has 1 aliphatic carbocycles. The van der Waals surface area contributed by atoms with Gasteiger partial charge in [-0.2, -0.15) is 0 Å². The molecule has 4 heteroatoms. The van der Waals surface area contributed by atoms with Crippen LogP contribution in [0.1, 0.15) is 39.0 Å². The summed E-state index contributed by atoms with van der Waals surface area (Å²) in [4.78, 5) is 11.8. The first-order valence-corrected chi connectivity index (χ1v) is 6.27. The van der Waals surface area contributed by atoms with Crippen LogP contribution in [0.4, 0.5) is 0 Å². The highest BCUT2D eigenvalue weighted by atomic mass is 35.5. The van der Waals surface area contributed by atoms with Crippen molar-refractivity contribution in [2.45, 2.75) is 45.1 Å². The van der Waals surface area contributed by atoms with Crippen LogP contribution in [0.2, 0.25) is 0 Å². The Morgan fingerprint density at radius 3 is 2.44 bits per heavy atom. The number of nitrogens with one attached hydrogen (secondary N) is 2. The third-order valence-corrected chi connectivity index (χ3v) is 3.79. The van der Waals surface area contributed by atoms with Crippen molar-refractivity contribution >= 4 is 18.3 Å². The van der Waals surface area contributed by atoms with Crippen molar-refractivity contribution in [3.8, 4) is 0 Å². The van der Waals surface area contributed by atoms with Gasteiger partial charge in [0.1, 0.15) is 0 Å². The van der Waals surface area contributed by atoms with E-state index in [1.165, 1.54) is 25.7 Å². The normalized spacial score (nSPS) is 34.2. The first kappa shape index (κ1) is 13.8. The highest BCUT2D eigenvalue weighted by Crippen LogP contribution is 2.23. The standard InChI is InChI=1S/C12H22N2O.ClH/c1-9-2-4-11(5-3-9)14-12(15)10-6-7-13-8-10;/h9-11,13H,2-8H2,1H3,(H,14,15);1H. The van der Waals surface area contributed by atoms with Gasteiger partial charge in [0.25, 0.3) is 0 Å². The molecule has 1 saturated heterocycles. The fourth-order valence-corrected chi connectivity index (χ4v) is 2.60. The molecule has 2 fully saturated rings. The summed E-state index contributed by atoms with van der Waals surface area (Å²) in [6.45, 7) is 4.17. The summed E-state index contributed by atoms with van der Waals surface area (Å²) in [5, 5.41) is 6.44. The lowest BCUT2D eigenvalue weighted by Gasteiger charge is -2.27. The number of halogens is 1. The average molecular weight is 247 g/mol. The molecule has 1 atom stereocenters. The van der Waals surface area contributed by atoms with Crippen LogP contribution in [0.15, 0.2) is 0 Å². The zero-order valence-corrected chi connectivity index (χ0v) is 10.8. The first-order chi connectivity index (χ1) is 7.25. The summed E-state index contributed by atoms with van der Waals surface area (Å²) in [7, 11) is 0. The topological polar surface area (TPSA) is 41.1 Å². The van der Waals surface area contributed by atoms with Gasteiger partial charge < -0.3 is 10.6 Å². The summed E-state index contributed by atoms with van der Waals surface area (Å²) in [5.41, 5.74) is 0. The van der Waals surface area contributed by atoms with Gasteiger partial charge in [0.15, 0.2) is 0 Å². The fraction of sp³-hybridized carbons (Fsp3) is 0.917. The highest BCUT2D eigenvalue weighted by molar-refractivity contribution is 5.85. The van der Waals surface area contributed by atoms with E-state index < -0.39 is 0 Å². The average Bonchev–Trinajstić information content (AvgIpc) is 2.74. The molecule has 16 heavy (non-hydrogen) atoms. The van der Waals surface area contributed by atoms with Crippen LogP contribution < -0.4 is 10.6 Å². The third-order valence-electron chi connectivity index (χ3n) is 3.79. The Labute approximate surface area is 104 Å². The van der Waals surface area contributed by atoms with Crippen LogP contribution in [-0.2, 0) is 4.79 Å². The van der Waals surface area contributed by atoms with E-state index in [-0.39, 0.29) is 24.2 Å². The predicted octanol–water partition coefficient (Wildman–Crippen LogP) is 1.71. The molecular formula is C12H23ClN2O. The minimum absolute atomic E-state index is 0. The van der Waals surface area contributed by atoms with E-state index in [1.807, 2.05) is 0 Å². The number of carbonyl (C=O) groups is 1. The Hall–Kier alpha value is -0.280. The molecule has 0 aromatic carbocycles. The molecule has 1 heterocycles. The van der Waals surface area contributed by atoms with Gasteiger partial charge in [-0.25, -0.2) is 0 Å². The molecule has 1 aliphatic heterocycles. The summed E-state index contributed by atoms with van der Waals surface area (Å²) in [5.74, 6) is 1.36. The fourth-order valence-electron chi connectivity index (χ4n) is 2.60. The molecular weight excluding hydrogens is 224 g/mol. The van der Waals surface area contributed by atoms with Crippen LogP contribution in [0.25, 0.3) is 0 Å². The van der Waals surface area contributed by atoms with Gasteiger partial charge in [0, 0.05) is 12.6 Å². The van der Waals surface area contributed by atoms with Crippen molar-refractivity contribution in [2.75, 3.05) is 13.1 Å². The molecule has 94 valence electrons. The van der Waals surface area contributed by atoms with E-state index in [4.69, 9.17) is 0 Å². The maximum atomic E-state index is 11.8. The molecule has 2 aliphatic rings. The van der Waals surface area contributed by atoms with Gasteiger partial charge in [-0.15, -0.1) is 12.4 Å². The SMILES string of the molecule is CC1CCC(NC(=O)C2CCNC2)CC1.Cl. The minimum atomic E-state index is 0. The maximum absolute atomic E-state index is 11.8. The Balaban J connectivity index is 0.00000128. The largest absolute Gasteiger partial charge is 0.353 e. The summed E-state index contributed by atoms with van der Waals surface area (Å²) in [6.07, 6.45) is 5.90. The molecule has 0 aromatic heterocycles. The van der Waals surface area contributed by atoms with E-state index >= 15 is 0 Å². The lowest BCUT2D eigenvalue weighted by Crippen LogP contribution is -2.41. The van der Waals surface area contributed by atoms with E-state index in [0.717, 1.165) is 25.4 Å². The summed E-state index contributed by atoms with van der Waals surface area (Å²) < 4.78 is 0. The Kier molecular flexibility index (Phi) is 5.56. The monoisotopic (exact) mass is 246 g/mol. The van der Waals surface area contributed by atoms with Crippen molar-refractivity contribution in [1.82, 2.24) is 10.6 Å². The van der Waals surface area contributed by atoms with E-state index in [2.05, 4.69) is 17.6 Å². The van der Waals surface area contributed by atoms with Crippen LogP contribution in [0.3, 0.4) is 0 Å². The number of hydrogen-bond acceptors (Lipinski definition) is 2. The Morgan fingerprint density at radius 2 is 1.88 bits per heavy atom. The smallest absolute Gasteiger partial charge is 0.224 e. The van der Waals surface area contributed by atoms with Gasteiger partial charge in [0.05, 0.1) is 5.92 Å². The second kappa shape index (κ2) is 6.45. The van der Waals surface area contributed by atoms with Gasteiger partial charge in [0.2, 0.25) is 5.91 Å². The number of carbonyl (C=O) groups excluding carboxylic acids is 1. The van der Waals surface area contributed by atoms with Crippen molar-refractivity contribution in [3.63, 3.8) is 0 Å². The zero-order chi connectivity index (χ0) is 10.7. The van der Waals surface area contributed by atoms with Crippen LogP contribution >= 0.6 is 12.4 Å². The molecule has 3 nitrogen and oxygen atoms in total. The highest BCUT2D eigenvalue weighted by Gasteiger charge is 2.26. The van der Waals surface area contributed by atoms with Crippen LogP contribution in [-0.4, -0.2) is 25.0 Å². The van der Waals surface area contributed by atoms with Crippen molar-refractivity contribution in [1.29, 1.82) is 0 Å². The van der Waals surface area contributed by atoms with Crippen molar-refractivity contribution < 1.29 is 4.79 Å². The number of hydrogen-bond donors (Lipinski definition) is 2. The zero-order valence-electron chi connectivity index (χ0n) is 10.00. The van der Waals surface area contributed by atoms with E-state index in [0.29, 0.717) is 6.04 Å². The van der Waals surface area contributed by atoms with Crippen molar-refractivity contribution in [2.24, 2.45) is 11.8 Å². The first-order valence-electron chi connectivity index (χ1n) is 6.27. The van der Waals surface area contributed by atoms with Crippen LogP contribution in [0.5, 0.6) is 0 Å². The second-order valence-electron chi connectivity index (χ2n) is 5.16. The Bertz CT molecular complexity index is 221. The van der Waals surface area contributed by atoms with Gasteiger partial charge >= 0.3 is 0 Å². The molecule has 0 spiro atoms. The number of amides is 1. The van der Waals surface area contributed by atoms with Crippen molar-refractivity contribution in [3.05, 3.63) is 0 Å². The maximum Gasteiger partial charge on any atom is 0.224 e. The lowest BCUT2D eigenvalue weighted by molar-refractivity contribution is -0.125. The van der Waals surface area contributed by atoms with Gasteiger partial charge in [-0.1, -0.05) is 6.92 Å². The van der Waals surface area contributed by atoms with Gasteiger partial charge in [-0.3, -0.25) is 4.79 Å². The number of rotatable bonds is 2. The summed E-state index contributed by atoms with van der Waals surface area (Å²) in [6, 6.07) is 0.453. The third kappa shape index (κ3) is 3.63. The molecule has 2 N–H and O–H groups in total. The minimum Gasteiger partial charge on any atom is -0.353 e.